The molecule has 1 N–H and O–H groups in total. The third-order valence-corrected chi connectivity index (χ3v) is 7.34. The topological polar surface area (TPSA) is 84.9 Å². The van der Waals surface area contributed by atoms with E-state index in [1.54, 1.807) is 30.3 Å². The molecular formula is C26H28N2O5S. The number of sulfonamides is 1. The number of benzene rings is 3. The minimum Gasteiger partial charge on any atom is -0.486 e. The number of nitrogens with one attached hydrogen (secondary N) is 1. The summed E-state index contributed by atoms with van der Waals surface area (Å²) in [6.45, 7) is 6.26. The van der Waals surface area contributed by atoms with Crippen molar-refractivity contribution < 1.29 is 22.7 Å². The van der Waals surface area contributed by atoms with Crippen LogP contribution >= 0.6 is 0 Å². The van der Waals surface area contributed by atoms with Gasteiger partial charge < -0.3 is 14.8 Å². The second-order valence-corrected chi connectivity index (χ2v) is 10.2. The molecule has 3 aromatic rings. The first kappa shape index (κ1) is 23.6. The SMILES string of the molecule is Cc1cc(C)cc(N(CC(=O)N[C@@H](C)c2ccc3c(c2)OCCO3)S(=O)(=O)c2ccccc2)c1. The summed E-state index contributed by atoms with van der Waals surface area (Å²) in [4.78, 5) is 13.2. The molecule has 1 heterocycles. The normalized spacial score (nSPS) is 13.7. The molecule has 0 aromatic heterocycles. The van der Waals surface area contributed by atoms with Crippen LogP contribution in [0.25, 0.3) is 0 Å². The average molecular weight is 481 g/mol. The van der Waals surface area contributed by atoms with Gasteiger partial charge in [-0.15, -0.1) is 0 Å². The van der Waals surface area contributed by atoms with Crippen LogP contribution in [0.5, 0.6) is 11.5 Å². The lowest BCUT2D eigenvalue weighted by Crippen LogP contribution is -2.41. The molecule has 34 heavy (non-hydrogen) atoms. The van der Waals surface area contributed by atoms with E-state index >= 15 is 0 Å². The summed E-state index contributed by atoms with van der Waals surface area (Å²) in [7, 11) is -3.96. The summed E-state index contributed by atoms with van der Waals surface area (Å²) in [6.07, 6.45) is 0. The average Bonchev–Trinajstić information content (AvgIpc) is 2.82. The van der Waals surface area contributed by atoms with Crippen molar-refractivity contribution in [2.24, 2.45) is 0 Å². The van der Waals surface area contributed by atoms with Gasteiger partial charge in [-0.3, -0.25) is 9.10 Å². The molecule has 0 bridgehead atoms. The minimum absolute atomic E-state index is 0.127. The van der Waals surface area contributed by atoms with Crippen LogP contribution in [0.4, 0.5) is 5.69 Å². The summed E-state index contributed by atoms with van der Waals surface area (Å²) in [5.41, 5.74) is 3.10. The number of hydrogen-bond acceptors (Lipinski definition) is 5. The molecule has 1 amide bonds. The summed E-state index contributed by atoms with van der Waals surface area (Å²) in [5.74, 6) is 0.887. The lowest BCUT2D eigenvalue weighted by atomic mass is 10.1. The van der Waals surface area contributed by atoms with Crippen molar-refractivity contribution in [1.82, 2.24) is 5.32 Å². The van der Waals surface area contributed by atoms with Crippen molar-refractivity contribution in [3.8, 4) is 11.5 Å². The van der Waals surface area contributed by atoms with E-state index in [0.717, 1.165) is 21.0 Å². The van der Waals surface area contributed by atoms with Crippen LogP contribution in [-0.2, 0) is 14.8 Å². The number of hydrogen-bond donors (Lipinski definition) is 1. The van der Waals surface area contributed by atoms with Gasteiger partial charge in [0.1, 0.15) is 19.8 Å². The molecule has 0 aliphatic carbocycles. The van der Waals surface area contributed by atoms with Gasteiger partial charge in [0.05, 0.1) is 16.6 Å². The number of nitrogens with zero attached hydrogens (tertiary/aromatic N) is 1. The van der Waals surface area contributed by atoms with Gasteiger partial charge in [0.2, 0.25) is 5.91 Å². The molecule has 0 unspecified atom stereocenters. The van der Waals surface area contributed by atoms with Crippen molar-refractivity contribution in [2.75, 3.05) is 24.1 Å². The molecule has 1 aliphatic heterocycles. The van der Waals surface area contributed by atoms with Crippen molar-refractivity contribution in [1.29, 1.82) is 0 Å². The van der Waals surface area contributed by atoms with E-state index in [1.165, 1.54) is 12.1 Å². The highest BCUT2D eigenvalue weighted by atomic mass is 32.2. The summed E-state index contributed by atoms with van der Waals surface area (Å²) >= 11 is 0. The Bertz CT molecular complexity index is 1270. The Balaban J connectivity index is 1.59. The number of aryl methyl sites for hydroxylation is 2. The van der Waals surface area contributed by atoms with Crippen LogP contribution < -0.4 is 19.1 Å². The highest BCUT2D eigenvalue weighted by molar-refractivity contribution is 7.92. The molecule has 0 radical (unpaired) electrons. The highest BCUT2D eigenvalue weighted by Crippen LogP contribution is 2.32. The molecule has 3 aromatic carbocycles. The molecule has 0 saturated carbocycles. The van der Waals surface area contributed by atoms with Crippen LogP contribution in [0.15, 0.2) is 71.6 Å². The van der Waals surface area contributed by atoms with Gasteiger partial charge in [0.15, 0.2) is 11.5 Å². The zero-order valence-electron chi connectivity index (χ0n) is 19.4. The number of anilines is 1. The fourth-order valence-electron chi connectivity index (χ4n) is 3.96. The van der Waals surface area contributed by atoms with Crippen LogP contribution in [0.3, 0.4) is 0 Å². The van der Waals surface area contributed by atoms with Gasteiger partial charge in [-0.2, -0.15) is 0 Å². The Morgan fingerprint density at radius 2 is 1.59 bits per heavy atom. The van der Waals surface area contributed by atoms with Crippen LogP contribution in [-0.4, -0.2) is 34.1 Å². The predicted octanol–water partition coefficient (Wildman–Crippen LogP) is 4.15. The molecule has 8 heteroatoms. The largest absolute Gasteiger partial charge is 0.486 e. The molecule has 0 saturated heterocycles. The standard InChI is InChI=1S/C26H28N2O5S/c1-18-13-19(2)15-22(14-18)28(34(30,31)23-7-5-4-6-8-23)17-26(29)27-20(3)21-9-10-24-25(16-21)33-12-11-32-24/h4-10,13-16,20H,11-12,17H2,1-3H3,(H,27,29)/t20-/m0/s1. The molecule has 0 spiro atoms. The van der Waals surface area contributed by atoms with Crippen molar-refractivity contribution in [2.45, 2.75) is 31.7 Å². The fraction of sp³-hybridized carbons (Fsp3) is 0.269. The van der Waals surface area contributed by atoms with Gasteiger partial charge >= 0.3 is 0 Å². The van der Waals surface area contributed by atoms with Crippen LogP contribution in [0, 0.1) is 13.8 Å². The van der Waals surface area contributed by atoms with E-state index in [2.05, 4.69) is 5.32 Å². The van der Waals surface area contributed by atoms with E-state index in [9.17, 15) is 13.2 Å². The van der Waals surface area contributed by atoms with E-state index in [0.29, 0.717) is 30.4 Å². The number of fused-ring (bicyclic) bond motifs is 1. The first-order chi connectivity index (χ1) is 16.2. The van der Waals surface area contributed by atoms with E-state index in [1.807, 2.05) is 45.0 Å². The van der Waals surface area contributed by atoms with Crippen LogP contribution in [0.1, 0.15) is 29.7 Å². The monoisotopic (exact) mass is 480 g/mol. The van der Waals surface area contributed by atoms with Crippen LogP contribution in [0.2, 0.25) is 0 Å². The second kappa shape index (κ2) is 9.77. The van der Waals surface area contributed by atoms with Crippen molar-refractivity contribution in [3.05, 3.63) is 83.4 Å². The molecule has 7 nitrogen and oxygen atoms in total. The fourth-order valence-corrected chi connectivity index (χ4v) is 5.39. The van der Waals surface area contributed by atoms with E-state index in [-0.39, 0.29) is 17.5 Å². The summed E-state index contributed by atoms with van der Waals surface area (Å²) in [6, 6.07) is 18.8. The van der Waals surface area contributed by atoms with E-state index < -0.39 is 15.9 Å². The van der Waals surface area contributed by atoms with Crippen molar-refractivity contribution >= 4 is 21.6 Å². The Labute approximate surface area is 200 Å². The first-order valence-corrected chi connectivity index (χ1v) is 12.5. The second-order valence-electron chi connectivity index (χ2n) is 8.36. The Morgan fingerprint density at radius 3 is 2.26 bits per heavy atom. The Hall–Kier alpha value is -3.52. The maximum atomic E-state index is 13.5. The molecule has 4 rings (SSSR count). The smallest absolute Gasteiger partial charge is 0.264 e. The molecule has 1 aliphatic rings. The van der Waals surface area contributed by atoms with Crippen molar-refractivity contribution in [3.63, 3.8) is 0 Å². The third-order valence-electron chi connectivity index (χ3n) is 5.56. The summed E-state index contributed by atoms with van der Waals surface area (Å²) < 4.78 is 39.4. The predicted molar refractivity (Wildman–Crippen MR) is 131 cm³/mol. The highest BCUT2D eigenvalue weighted by Gasteiger charge is 2.28. The minimum atomic E-state index is -3.96. The Morgan fingerprint density at radius 1 is 0.941 bits per heavy atom. The Kier molecular flexibility index (Phi) is 6.79. The maximum Gasteiger partial charge on any atom is 0.264 e. The number of amides is 1. The van der Waals surface area contributed by atoms with Gasteiger partial charge in [0, 0.05) is 0 Å². The zero-order chi connectivity index (χ0) is 24.3. The van der Waals surface area contributed by atoms with Gasteiger partial charge in [-0.05, 0) is 73.9 Å². The van der Waals surface area contributed by atoms with E-state index in [4.69, 9.17) is 9.47 Å². The number of rotatable bonds is 7. The number of carbonyl (C=O) groups is 1. The zero-order valence-corrected chi connectivity index (χ0v) is 20.3. The molecule has 0 fully saturated rings. The van der Waals surface area contributed by atoms with Gasteiger partial charge in [0.25, 0.3) is 10.0 Å². The quantitative estimate of drug-likeness (QED) is 0.549. The molecule has 178 valence electrons. The lowest BCUT2D eigenvalue weighted by molar-refractivity contribution is -0.120. The number of ether oxygens (including phenoxy) is 2. The molecule has 1 atom stereocenters. The first-order valence-electron chi connectivity index (χ1n) is 11.1. The maximum absolute atomic E-state index is 13.5. The summed E-state index contributed by atoms with van der Waals surface area (Å²) in [5, 5.41) is 2.91. The third kappa shape index (κ3) is 5.17. The lowest BCUT2D eigenvalue weighted by Gasteiger charge is -2.26. The van der Waals surface area contributed by atoms with Gasteiger partial charge in [-0.25, -0.2) is 8.42 Å². The van der Waals surface area contributed by atoms with Gasteiger partial charge in [-0.1, -0.05) is 30.3 Å². The molecular weight excluding hydrogens is 452 g/mol. The number of carbonyl (C=O) groups excluding carboxylic acids is 1.